The van der Waals surface area contributed by atoms with Crippen LogP contribution >= 0.6 is 0 Å². The van der Waals surface area contributed by atoms with Gasteiger partial charge in [0.2, 0.25) is 10.0 Å². The molecule has 1 amide bonds. The first-order chi connectivity index (χ1) is 15.5. The Labute approximate surface area is 191 Å². The molecule has 2 aromatic carbocycles. The second-order valence-electron chi connectivity index (χ2n) is 7.33. The number of nitrogens with one attached hydrogen (secondary N) is 1. The normalized spacial score (nSPS) is 11.2. The number of ether oxygens (including phenoxy) is 2. The van der Waals surface area contributed by atoms with Crippen molar-refractivity contribution in [2.24, 2.45) is 5.14 Å². The number of sulfonamides is 1. The molecule has 10 nitrogen and oxygen atoms in total. The number of rotatable bonds is 7. The summed E-state index contributed by atoms with van der Waals surface area (Å²) in [5, 5.41) is 12.3. The number of hydrogen-bond acceptors (Lipinski definition) is 7. The molecule has 0 aliphatic carbocycles. The largest absolute Gasteiger partial charge is 0.495 e. The Morgan fingerprint density at radius 1 is 1.09 bits per heavy atom. The molecule has 0 fully saturated rings. The third-order valence-corrected chi connectivity index (χ3v) is 5.81. The summed E-state index contributed by atoms with van der Waals surface area (Å²) in [6.07, 6.45) is 0. The molecule has 0 bridgehead atoms. The quantitative estimate of drug-likeness (QED) is 0.502. The van der Waals surface area contributed by atoms with Crippen LogP contribution in [0, 0.1) is 20.8 Å². The van der Waals surface area contributed by atoms with Crippen molar-refractivity contribution in [3.8, 4) is 11.4 Å². The highest BCUT2D eigenvalue weighted by atomic mass is 32.2. The average Bonchev–Trinajstić information content (AvgIpc) is 3.05. The Morgan fingerprint density at radius 2 is 1.76 bits per heavy atom. The highest BCUT2D eigenvalue weighted by molar-refractivity contribution is 7.89. The number of benzene rings is 2. The molecule has 0 spiro atoms. The van der Waals surface area contributed by atoms with Gasteiger partial charge in [0.1, 0.15) is 10.6 Å². The summed E-state index contributed by atoms with van der Waals surface area (Å²) in [7, 11) is -2.85. The van der Waals surface area contributed by atoms with Crippen molar-refractivity contribution in [3.05, 3.63) is 65.0 Å². The summed E-state index contributed by atoms with van der Waals surface area (Å²) in [6.45, 7) is 4.98. The maximum Gasteiger partial charge on any atom is 0.338 e. The highest BCUT2D eigenvalue weighted by Gasteiger charge is 2.20. The second-order valence-corrected chi connectivity index (χ2v) is 8.86. The van der Waals surface area contributed by atoms with Crippen LogP contribution < -0.4 is 15.2 Å². The van der Waals surface area contributed by atoms with Crippen LogP contribution in [0.1, 0.15) is 27.3 Å². The van der Waals surface area contributed by atoms with Gasteiger partial charge in [-0.1, -0.05) is 17.7 Å². The van der Waals surface area contributed by atoms with E-state index in [-0.39, 0.29) is 16.2 Å². The summed E-state index contributed by atoms with van der Waals surface area (Å²) in [6, 6.07) is 11.4. The van der Waals surface area contributed by atoms with E-state index in [0.717, 1.165) is 17.3 Å². The van der Waals surface area contributed by atoms with Crippen LogP contribution in [0.25, 0.3) is 5.69 Å². The van der Waals surface area contributed by atoms with E-state index in [9.17, 15) is 18.0 Å². The summed E-state index contributed by atoms with van der Waals surface area (Å²) >= 11 is 0. The molecule has 174 valence electrons. The Hall–Kier alpha value is -3.70. The minimum atomic E-state index is -4.13. The van der Waals surface area contributed by atoms with E-state index in [2.05, 4.69) is 10.4 Å². The first-order valence-corrected chi connectivity index (χ1v) is 11.4. The second kappa shape index (κ2) is 9.43. The molecule has 0 aliphatic rings. The molecule has 11 heteroatoms. The number of esters is 1. The van der Waals surface area contributed by atoms with E-state index in [1.54, 1.807) is 11.6 Å². The van der Waals surface area contributed by atoms with Crippen LogP contribution in [0.5, 0.6) is 5.75 Å². The van der Waals surface area contributed by atoms with Gasteiger partial charge >= 0.3 is 5.97 Å². The zero-order chi connectivity index (χ0) is 24.3. The molecule has 3 N–H and O–H groups in total. The zero-order valence-corrected chi connectivity index (χ0v) is 19.4. The van der Waals surface area contributed by atoms with E-state index < -0.39 is 28.5 Å². The first kappa shape index (κ1) is 24.0. The molecular weight excluding hydrogens is 448 g/mol. The zero-order valence-electron chi connectivity index (χ0n) is 18.6. The number of nitrogens with two attached hydrogens (primary N) is 1. The first-order valence-electron chi connectivity index (χ1n) is 9.82. The van der Waals surface area contributed by atoms with Crippen LogP contribution in [-0.4, -0.2) is 43.8 Å². The molecule has 3 rings (SSSR count). The van der Waals surface area contributed by atoms with E-state index in [1.807, 2.05) is 38.1 Å². The molecule has 0 saturated heterocycles. The van der Waals surface area contributed by atoms with Gasteiger partial charge < -0.3 is 14.8 Å². The van der Waals surface area contributed by atoms with Crippen LogP contribution in [0.15, 0.2) is 47.4 Å². The lowest BCUT2D eigenvalue weighted by Crippen LogP contribution is -2.22. The fourth-order valence-electron chi connectivity index (χ4n) is 3.18. The summed E-state index contributed by atoms with van der Waals surface area (Å²) in [4.78, 5) is 24.4. The Balaban J connectivity index is 1.70. The lowest BCUT2D eigenvalue weighted by Gasteiger charge is -2.10. The average molecular weight is 473 g/mol. The van der Waals surface area contributed by atoms with Crippen molar-refractivity contribution >= 4 is 27.6 Å². The van der Waals surface area contributed by atoms with E-state index >= 15 is 0 Å². The number of primary sulfonamides is 1. The van der Waals surface area contributed by atoms with Gasteiger partial charge in [-0.25, -0.2) is 23.0 Å². The van der Waals surface area contributed by atoms with Crippen molar-refractivity contribution in [1.29, 1.82) is 0 Å². The van der Waals surface area contributed by atoms with Gasteiger partial charge in [-0.2, -0.15) is 5.10 Å². The molecule has 0 aliphatic heterocycles. The summed E-state index contributed by atoms with van der Waals surface area (Å²) in [5.41, 5.74) is 3.69. The number of carbonyl (C=O) groups excluding carboxylic acids is 2. The minimum absolute atomic E-state index is 0.0108. The monoisotopic (exact) mass is 472 g/mol. The van der Waals surface area contributed by atoms with Gasteiger partial charge in [-0.05, 0) is 51.1 Å². The Kier molecular flexibility index (Phi) is 6.84. The smallest absolute Gasteiger partial charge is 0.338 e. The minimum Gasteiger partial charge on any atom is -0.495 e. The van der Waals surface area contributed by atoms with Crippen molar-refractivity contribution in [3.63, 3.8) is 0 Å². The fraction of sp³-hybridized carbons (Fsp3) is 0.227. The van der Waals surface area contributed by atoms with E-state index in [0.29, 0.717) is 17.1 Å². The van der Waals surface area contributed by atoms with Gasteiger partial charge in [0.15, 0.2) is 6.61 Å². The molecule has 0 atom stereocenters. The molecule has 0 saturated carbocycles. The number of methoxy groups -OCH3 is 1. The van der Waals surface area contributed by atoms with Crippen LogP contribution in [0.3, 0.4) is 0 Å². The highest BCUT2D eigenvalue weighted by Crippen LogP contribution is 2.25. The maximum absolute atomic E-state index is 12.4. The molecule has 1 aromatic heterocycles. The standard InChI is InChI=1S/C22H24N4O6S/c1-13-5-8-17(9-6-13)26-15(3)21(14(2)25-26)24-20(27)12-32-22(28)16-7-10-18(31-4)19(11-16)33(23,29)30/h5-11H,12H2,1-4H3,(H,24,27)(H2,23,29,30). The number of anilines is 1. The van der Waals surface area contributed by atoms with E-state index in [4.69, 9.17) is 14.6 Å². The molecule has 3 aromatic rings. The third kappa shape index (κ3) is 5.38. The Morgan fingerprint density at radius 3 is 2.36 bits per heavy atom. The lowest BCUT2D eigenvalue weighted by atomic mass is 10.2. The van der Waals surface area contributed by atoms with Crippen molar-refractivity contribution < 1.29 is 27.5 Å². The number of aromatic nitrogens is 2. The molecule has 1 heterocycles. The molecular formula is C22H24N4O6S. The fourth-order valence-corrected chi connectivity index (χ4v) is 3.90. The van der Waals surface area contributed by atoms with Gasteiger partial charge in [0.05, 0.1) is 35.4 Å². The molecule has 33 heavy (non-hydrogen) atoms. The predicted octanol–water partition coefficient (Wildman–Crippen LogP) is 2.25. The van der Waals surface area contributed by atoms with Gasteiger partial charge in [0.25, 0.3) is 5.91 Å². The number of aryl methyl sites for hydroxylation is 2. The van der Waals surface area contributed by atoms with Gasteiger partial charge in [0, 0.05) is 0 Å². The van der Waals surface area contributed by atoms with Crippen molar-refractivity contribution in [2.75, 3.05) is 19.0 Å². The number of amides is 1. The van der Waals surface area contributed by atoms with Crippen molar-refractivity contribution in [2.45, 2.75) is 25.7 Å². The lowest BCUT2D eigenvalue weighted by molar-refractivity contribution is -0.119. The van der Waals surface area contributed by atoms with Crippen LogP contribution in [-0.2, 0) is 19.6 Å². The summed E-state index contributed by atoms with van der Waals surface area (Å²) in [5.74, 6) is -1.47. The number of nitrogens with zero attached hydrogens (tertiary/aromatic N) is 2. The van der Waals surface area contributed by atoms with Crippen LogP contribution in [0.2, 0.25) is 0 Å². The maximum atomic E-state index is 12.4. The topological polar surface area (TPSA) is 143 Å². The number of hydrogen-bond donors (Lipinski definition) is 2. The van der Waals surface area contributed by atoms with Crippen LogP contribution in [0.4, 0.5) is 5.69 Å². The number of carbonyl (C=O) groups is 2. The predicted molar refractivity (Wildman–Crippen MR) is 121 cm³/mol. The van der Waals surface area contributed by atoms with Gasteiger partial charge in [-0.15, -0.1) is 0 Å². The third-order valence-electron chi connectivity index (χ3n) is 4.87. The van der Waals surface area contributed by atoms with Crippen molar-refractivity contribution in [1.82, 2.24) is 9.78 Å². The Bertz CT molecular complexity index is 1310. The molecule has 0 radical (unpaired) electrons. The van der Waals surface area contributed by atoms with Gasteiger partial charge in [-0.3, -0.25) is 4.79 Å². The summed E-state index contributed by atoms with van der Waals surface area (Å²) < 4.78 is 35.1. The van der Waals surface area contributed by atoms with E-state index in [1.165, 1.54) is 19.2 Å². The SMILES string of the molecule is COc1ccc(C(=O)OCC(=O)Nc2c(C)nn(-c3ccc(C)cc3)c2C)cc1S(N)(=O)=O. The molecule has 0 unspecified atom stereocenters.